The van der Waals surface area contributed by atoms with Gasteiger partial charge in [0.1, 0.15) is 0 Å². The van der Waals surface area contributed by atoms with Crippen LogP contribution in [0.4, 0.5) is 0 Å². The molecule has 0 bridgehead atoms. The second-order valence-corrected chi connectivity index (χ2v) is 7.76. The van der Waals surface area contributed by atoms with Crippen LogP contribution in [0.3, 0.4) is 0 Å². The molecule has 0 aromatic carbocycles. The summed E-state index contributed by atoms with van der Waals surface area (Å²) in [5.74, 6) is -3.85. The number of amides is 4. The zero-order valence-corrected chi connectivity index (χ0v) is 14.9. The Hall–Kier alpha value is -2.82. The second kappa shape index (κ2) is 7.06. The number of nitrogens with zero attached hydrogens (tertiary/aromatic N) is 2. The number of imide groups is 2. The molecular formula is C16H16N2O8S. The molecule has 3 aliphatic rings. The van der Waals surface area contributed by atoms with Gasteiger partial charge >= 0.3 is 16.3 Å². The van der Waals surface area contributed by atoms with Gasteiger partial charge in [-0.15, -0.1) is 4.31 Å². The van der Waals surface area contributed by atoms with Crippen LogP contribution in [0.5, 0.6) is 0 Å². The van der Waals surface area contributed by atoms with Crippen molar-refractivity contribution in [1.82, 2.24) is 9.21 Å². The van der Waals surface area contributed by atoms with E-state index in [1.54, 1.807) is 0 Å². The molecule has 1 saturated heterocycles. The molecule has 10 nitrogen and oxygen atoms in total. The van der Waals surface area contributed by atoms with Gasteiger partial charge in [-0.3, -0.25) is 24.1 Å². The molecule has 0 aromatic heterocycles. The summed E-state index contributed by atoms with van der Waals surface area (Å²) >= 11 is 0. The van der Waals surface area contributed by atoms with Crippen molar-refractivity contribution in [3.63, 3.8) is 0 Å². The normalized spacial score (nSPS) is 23.3. The maximum absolute atomic E-state index is 12.1. The molecule has 27 heavy (non-hydrogen) atoms. The third-order valence-corrected chi connectivity index (χ3v) is 5.75. The van der Waals surface area contributed by atoms with E-state index in [-0.39, 0.29) is 53.4 Å². The molecule has 1 aliphatic carbocycles. The highest BCUT2D eigenvalue weighted by Crippen LogP contribution is 2.27. The lowest BCUT2D eigenvalue weighted by atomic mass is 9.89. The summed E-state index contributed by atoms with van der Waals surface area (Å²) in [6.45, 7) is 0.207. The molecule has 0 aromatic rings. The maximum atomic E-state index is 12.1. The first kappa shape index (κ1) is 19.0. The lowest BCUT2D eigenvalue weighted by Crippen LogP contribution is -2.38. The average Bonchev–Trinajstić information content (AvgIpc) is 3.11. The van der Waals surface area contributed by atoms with Gasteiger partial charge in [-0.2, -0.15) is 8.42 Å². The van der Waals surface area contributed by atoms with E-state index in [4.69, 9.17) is 0 Å². The molecule has 0 N–H and O–H groups in total. The van der Waals surface area contributed by atoms with Gasteiger partial charge in [0.2, 0.25) is 11.8 Å². The number of rotatable bonds is 5. The summed E-state index contributed by atoms with van der Waals surface area (Å²) in [6.07, 6.45) is 4.35. The van der Waals surface area contributed by atoms with E-state index >= 15 is 0 Å². The van der Waals surface area contributed by atoms with Crippen molar-refractivity contribution < 1.29 is 36.6 Å². The molecule has 0 saturated carbocycles. The van der Waals surface area contributed by atoms with Crippen molar-refractivity contribution in [3.8, 4) is 0 Å². The molecule has 0 unspecified atom stereocenters. The first-order chi connectivity index (χ1) is 12.7. The Morgan fingerprint density at radius 2 is 1.63 bits per heavy atom. The number of hydrogen-bond donors (Lipinski definition) is 0. The Morgan fingerprint density at radius 1 is 1.04 bits per heavy atom. The third-order valence-electron chi connectivity index (χ3n) is 4.53. The predicted molar refractivity (Wildman–Crippen MR) is 87.4 cm³/mol. The van der Waals surface area contributed by atoms with E-state index in [0.29, 0.717) is 12.8 Å². The highest BCUT2D eigenvalue weighted by atomic mass is 32.2. The van der Waals surface area contributed by atoms with Crippen LogP contribution < -0.4 is 0 Å². The number of carbonyl (C=O) groups excluding carboxylic acids is 5. The Kier molecular flexibility index (Phi) is 4.96. The molecule has 1 atom stereocenters. The van der Waals surface area contributed by atoms with Gasteiger partial charge in [0.05, 0.1) is 0 Å². The van der Waals surface area contributed by atoms with Crippen LogP contribution in [0.1, 0.15) is 32.1 Å². The highest BCUT2D eigenvalue weighted by Gasteiger charge is 2.42. The Bertz CT molecular complexity index is 867. The van der Waals surface area contributed by atoms with E-state index in [2.05, 4.69) is 4.18 Å². The molecule has 144 valence electrons. The summed E-state index contributed by atoms with van der Waals surface area (Å²) < 4.78 is 28.4. The Morgan fingerprint density at radius 3 is 2.15 bits per heavy atom. The van der Waals surface area contributed by atoms with Gasteiger partial charge < -0.3 is 4.18 Å². The van der Waals surface area contributed by atoms with Gasteiger partial charge in [0, 0.05) is 37.1 Å². The predicted octanol–water partition coefficient (Wildman–Crippen LogP) is -0.425. The lowest BCUT2D eigenvalue weighted by Gasteiger charge is -2.25. The van der Waals surface area contributed by atoms with Crippen molar-refractivity contribution in [2.45, 2.75) is 32.1 Å². The first-order valence-corrected chi connectivity index (χ1v) is 9.63. The highest BCUT2D eigenvalue weighted by molar-refractivity contribution is 7.86. The van der Waals surface area contributed by atoms with Crippen LogP contribution in [0.2, 0.25) is 0 Å². The van der Waals surface area contributed by atoms with Crippen LogP contribution in [0, 0.1) is 5.92 Å². The van der Waals surface area contributed by atoms with Crippen LogP contribution in [0.25, 0.3) is 0 Å². The zero-order chi connectivity index (χ0) is 19.8. The maximum Gasteiger partial charge on any atom is 0.421 e. The Balaban J connectivity index is 1.59. The number of carbonyl (C=O) groups is 5. The second-order valence-electron chi connectivity index (χ2n) is 6.37. The molecule has 3 rings (SSSR count). The third kappa shape index (κ3) is 3.82. The summed E-state index contributed by atoms with van der Waals surface area (Å²) in [5.41, 5.74) is 0.103. The summed E-state index contributed by atoms with van der Waals surface area (Å²) in [4.78, 5) is 59.3. The Labute approximate surface area is 154 Å². The van der Waals surface area contributed by atoms with Crippen molar-refractivity contribution in [3.05, 3.63) is 23.8 Å². The summed E-state index contributed by atoms with van der Waals surface area (Å²) in [7, 11) is -4.82. The minimum atomic E-state index is -4.82. The van der Waals surface area contributed by atoms with Crippen LogP contribution >= 0.6 is 0 Å². The fraction of sp³-hybridized carbons (Fsp3) is 0.438. The average molecular weight is 396 g/mol. The molecular weight excluding hydrogens is 380 g/mol. The van der Waals surface area contributed by atoms with E-state index in [1.165, 1.54) is 18.2 Å². The fourth-order valence-corrected chi connectivity index (χ4v) is 4.16. The van der Waals surface area contributed by atoms with Crippen LogP contribution in [0.15, 0.2) is 23.8 Å². The van der Waals surface area contributed by atoms with Crippen molar-refractivity contribution in [2.24, 2.45) is 5.92 Å². The minimum absolute atomic E-state index is 0.0192. The molecule has 0 spiro atoms. The largest absolute Gasteiger partial charge is 0.421 e. The van der Waals surface area contributed by atoms with E-state index in [0.717, 1.165) is 4.90 Å². The molecule has 1 fully saturated rings. The van der Waals surface area contributed by atoms with Crippen molar-refractivity contribution in [2.75, 3.05) is 6.54 Å². The summed E-state index contributed by atoms with van der Waals surface area (Å²) in [5, 5.41) is 0. The monoisotopic (exact) mass is 396 g/mol. The fourth-order valence-electron chi connectivity index (χ4n) is 3.10. The van der Waals surface area contributed by atoms with Gasteiger partial charge in [-0.05, 0) is 25.2 Å². The molecule has 0 radical (unpaired) electrons. The van der Waals surface area contributed by atoms with E-state index in [1.807, 2.05) is 0 Å². The van der Waals surface area contributed by atoms with Gasteiger partial charge in [0.15, 0.2) is 0 Å². The molecule has 11 heteroatoms. The molecule has 2 heterocycles. The van der Waals surface area contributed by atoms with Crippen LogP contribution in [-0.2, 0) is 38.5 Å². The minimum Gasteiger partial charge on any atom is -0.325 e. The van der Waals surface area contributed by atoms with Gasteiger partial charge in [-0.25, -0.2) is 4.79 Å². The standard InChI is InChI=1S/C16H16N2O8S/c19-12-5-6-13(20)17(12)9-10-1-3-11(4-2-10)16(23)26-27(24,25)18-14(21)7-8-15(18)22/h3,5-6,10H,1-2,4,7-9H2/t10-/m1/s1. The van der Waals surface area contributed by atoms with E-state index in [9.17, 15) is 32.4 Å². The smallest absolute Gasteiger partial charge is 0.325 e. The topological polar surface area (TPSA) is 135 Å². The SMILES string of the molecule is O=C(OS(=O)(=O)N1C(=O)CCC1=O)C1=CC[C@@H](CN2C(=O)C=CC2=O)CC1. The van der Waals surface area contributed by atoms with Gasteiger partial charge in [0.25, 0.3) is 11.8 Å². The molecule has 2 aliphatic heterocycles. The number of hydrogen-bond acceptors (Lipinski definition) is 8. The van der Waals surface area contributed by atoms with E-state index < -0.39 is 28.1 Å². The lowest BCUT2D eigenvalue weighted by molar-refractivity contribution is -0.138. The van der Waals surface area contributed by atoms with Crippen molar-refractivity contribution >= 4 is 39.9 Å². The number of allylic oxidation sites excluding steroid dienone is 1. The quantitative estimate of drug-likeness (QED) is 0.572. The zero-order valence-electron chi connectivity index (χ0n) is 14.1. The first-order valence-electron chi connectivity index (χ1n) is 8.26. The molecule has 4 amide bonds. The van der Waals surface area contributed by atoms with Crippen LogP contribution in [-0.4, -0.2) is 53.8 Å². The van der Waals surface area contributed by atoms with Crippen molar-refractivity contribution in [1.29, 1.82) is 0 Å². The van der Waals surface area contributed by atoms with Gasteiger partial charge in [-0.1, -0.05) is 6.08 Å². The summed E-state index contributed by atoms with van der Waals surface area (Å²) in [6, 6.07) is 0.